The van der Waals surface area contributed by atoms with Crippen LogP contribution in [0.15, 0.2) is 18.2 Å². The van der Waals surface area contributed by atoms with E-state index in [4.69, 9.17) is 11.6 Å². The molecule has 0 spiro atoms. The number of benzene rings is 1. The van der Waals surface area contributed by atoms with Gasteiger partial charge >= 0.3 is 0 Å². The van der Waals surface area contributed by atoms with Crippen molar-refractivity contribution in [3.8, 4) is 5.75 Å². The van der Waals surface area contributed by atoms with E-state index in [0.717, 1.165) is 24.3 Å². The maximum atomic E-state index is 9.62. The molecule has 90 valence electrons. The molecule has 1 aromatic rings. The van der Waals surface area contributed by atoms with Crippen LogP contribution in [-0.2, 0) is 6.42 Å². The van der Waals surface area contributed by atoms with Gasteiger partial charge in [-0.3, -0.25) is 0 Å². The number of unbranched alkanes of at least 4 members (excludes halogenated alkanes) is 2. The van der Waals surface area contributed by atoms with Crippen LogP contribution in [0.5, 0.6) is 5.75 Å². The number of phenolic OH excluding ortho intramolecular Hbond substituents is 1. The molecule has 0 saturated carbocycles. The summed E-state index contributed by atoms with van der Waals surface area (Å²) in [6, 6.07) is 5.25. The van der Waals surface area contributed by atoms with E-state index < -0.39 is 0 Å². The Labute approximate surface area is 103 Å². The first-order valence-corrected chi connectivity index (χ1v) is 6.45. The fraction of sp³-hybridized carbons (Fsp3) is 0.571. The second-order valence-corrected chi connectivity index (χ2v) is 5.20. The highest BCUT2D eigenvalue weighted by Gasteiger charge is 2.02. The van der Waals surface area contributed by atoms with Gasteiger partial charge in [0.25, 0.3) is 0 Å². The van der Waals surface area contributed by atoms with E-state index in [9.17, 15) is 5.11 Å². The van der Waals surface area contributed by atoms with Crippen LogP contribution in [0.2, 0.25) is 5.02 Å². The lowest BCUT2D eigenvalue weighted by Crippen LogP contribution is -1.90. The molecule has 0 amide bonds. The molecule has 1 aromatic carbocycles. The van der Waals surface area contributed by atoms with Crippen molar-refractivity contribution in [3.63, 3.8) is 0 Å². The molecule has 0 aliphatic carbocycles. The number of halogens is 1. The topological polar surface area (TPSA) is 20.2 Å². The minimum atomic E-state index is 0.369. The van der Waals surface area contributed by atoms with Gasteiger partial charge < -0.3 is 5.11 Å². The normalized spacial score (nSPS) is 11.0. The first-order valence-electron chi connectivity index (χ1n) is 6.07. The summed E-state index contributed by atoms with van der Waals surface area (Å²) in [4.78, 5) is 0. The van der Waals surface area contributed by atoms with Gasteiger partial charge in [0, 0.05) is 5.02 Å². The summed E-state index contributed by atoms with van der Waals surface area (Å²) in [7, 11) is 0. The first kappa shape index (κ1) is 13.4. The molecule has 1 nitrogen and oxygen atoms in total. The van der Waals surface area contributed by atoms with E-state index in [1.165, 1.54) is 19.3 Å². The quantitative estimate of drug-likeness (QED) is 0.708. The Morgan fingerprint density at radius 2 is 1.94 bits per heavy atom. The molecule has 0 radical (unpaired) electrons. The molecule has 0 aliphatic rings. The third-order valence-electron chi connectivity index (χ3n) is 2.77. The molecule has 2 heteroatoms. The fourth-order valence-electron chi connectivity index (χ4n) is 1.80. The van der Waals surface area contributed by atoms with Crippen LogP contribution in [-0.4, -0.2) is 5.11 Å². The number of aromatic hydroxyl groups is 1. The van der Waals surface area contributed by atoms with Gasteiger partial charge in [-0.25, -0.2) is 0 Å². The Morgan fingerprint density at radius 3 is 2.62 bits per heavy atom. The highest BCUT2D eigenvalue weighted by Crippen LogP contribution is 2.23. The fourth-order valence-corrected chi connectivity index (χ4v) is 1.99. The monoisotopic (exact) mass is 240 g/mol. The van der Waals surface area contributed by atoms with Crippen molar-refractivity contribution >= 4 is 11.6 Å². The lowest BCUT2D eigenvalue weighted by atomic mass is 10.0. The van der Waals surface area contributed by atoms with Gasteiger partial charge in [-0.15, -0.1) is 0 Å². The summed E-state index contributed by atoms with van der Waals surface area (Å²) < 4.78 is 0. The van der Waals surface area contributed by atoms with Gasteiger partial charge in [0.15, 0.2) is 0 Å². The van der Waals surface area contributed by atoms with Crippen molar-refractivity contribution in [2.24, 2.45) is 5.92 Å². The number of hydrogen-bond donors (Lipinski definition) is 1. The van der Waals surface area contributed by atoms with Crippen molar-refractivity contribution in [2.45, 2.75) is 46.0 Å². The van der Waals surface area contributed by atoms with Gasteiger partial charge in [-0.05, 0) is 42.5 Å². The zero-order chi connectivity index (χ0) is 12.0. The smallest absolute Gasteiger partial charge is 0.118 e. The minimum absolute atomic E-state index is 0.369. The van der Waals surface area contributed by atoms with Gasteiger partial charge in [-0.2, -0.15) is 0 Å². The van der Waals surface area contributed by atoms with Crippen LogP contribution in [0.3, 0.4) is 0 Å². The van der Waals surface area contributed by atoms with Crippen molar-refractivity contribution in [2.75, 3.05) is 0 Å². The summed E-state index contributed by atoms with van der Waals surface area (Å²) in [5.41, 5.74) is 0.969. The van der Waals surface area contributed by atoms with Crippen LogP contribution in [0.4, 0.5) is 0 Å². The lowest BCUT2D eigenvalue weighted by molar-refractivity contribution is 0.465. The maximum absolute atomic E-state index is 9.62. The molecular formula is C14H21ClO. The van der Waals surface area contributed by atoms with E-state index in [0.29, 0.717) is 10.8 Å². The van der Waals surface area contributed by atoms with Crippen molar-refractivity contribution < 1.29 is 5.11 Å². The van der Waals surface area contributed by atoms with Gasteiger partial charge in [0.05, 0.1) is 0 Å². The SMILES string of the molecule is CC(C)CCCCCc1cc(Cl)ccc1O. The molecule has 0 aromatic heterocycles. The van der Waals surface area contributed by atoms with Gasteiger partial charge in [0.2, 0.25) is 0 Å². The molecular weight excluding hydrogens is 220 g/mol. The van der Waals surface area contributed by atoms with Crippen LogP contribution in [0, 0.1) is 5.92 Å². The average Bonchev–Trinajstić information content (AvgIpc) is 2.22. The highest BCUT2D eigenvalue weighted by molar-refractivity contribution is 6.30. The number of phenols is 1. The third kappa shape index (κ3) is 4.89. The first-order chi connectivity index (χ1) is 7.59. The molecule has 0 bridgehead atoms. The zero-order valence-corrected chi connectivity index (χ0v) is 10.9. The molecule has 0 saturated heterocycles. The Morgan fingerprint density at radius 1 is 1.19 bits per heavy atom. The Balaban J connectivity index is 2.29. The summed E-state index contributed by atoms with van der Waals surface area (Å²) in [6.07, 6.45) is 5.84. The van der Waals surface area contributed by atoms with E-state index >= 15 is 0 Å². The lowest BCUT2D eigenvalue weighted by Gasteiger charge is -2.06. The number of rotatable bonds is 6. The van der Waals surface area contributed by atoms with E-state index in [2.05, 4.69) is 13.8 Å². The highest BCUT2D eigenvalue weighted by atomic mass is 35.5. The Hall–Kier alpha value is -0.690. The number of hydrogen-bond acceptors (Lipinski definition) is 1. The Bertz CT molecular complexity index is 321. The standard InChI is InChI=1S/C14H21ClO/c1-11(2)6-4-3-5-7-12-10-13(15)8-9-14(12)16/h8-11,16H,3-7H2,1-2H3. The molecule has 1 rings (SSSR count). The predicted molar refractivity (Wildman–Crippen MR) is 70.1 cm³/mol. The molecule has 0 atom stereocenters. The van der Waals surface area contributed by atoms with Crippen LogP contribution in [0.25, 0.3) is 0 Å². The Kier molecular flexibility index (Phi) is 5.68. The summed E-state index contributed by atoms with van der Waals surface area (Å²) in [6.45, 7) is 4.51. The molecule has 1 N–H and O–H groups in total. The third-order valence-corrected chi connectivity index (χ3v) is 3.00. The van der Waals surface area contributed by atoms with Crippen molar-refractivity contribution in [1.82, 2.24) is 0 Å². The minimum Gasteiger partial charge on any atom is -0.508 e. The van der Waals surface area contributed by atoms with E-state index in [-0.39, 0.29) is 0 Å². The van der Waals surface area contributed by atoms with Gasteiger partial charge in [0.1, 0.15) is 5.75 Å². The molecule has 0 unspecified atom stereocenters. The second-order valence-electron chi connectivity index (χ2n) is 4.77. The van der Waals surface area contributed by atoms with Gasteiger partial charge in [-0.1, -0.05) is 44.7 Å². The maximum Gasteiger partial charge on any atom is 0.118 e. The molecule has 16 heavy (non-hydrogen) atoms. The predicted octanol–water partition coefficient (Wildman–Crippen LogP) is 4.80. The van der Waals surface area contributed by atoms with Crippen LogP contribution >= 0.6 is 11.6 Å². The van der Waals surface area contributed by atoms with E-state index in [1.54, 1.807) is 12.1 Å². The van der Waals surface area contributed by atoms with Crippen LogP contribution in [0.1, 0.15) is 45.1 Å². The van der Waals surface area contributed by atoms with E-state index in [1.807, 2.05) is 6.07 Å². The molecule has 0 fully saturated rings. The average molecular weight is 241 g/mol. The zero-order valence-electron chi connectivity index (χ0n) is 10.2. The second kappa shape index (κ2) is 6.80. The number of aryl methyl sites for hydroxylation is 1. The molecule has 0 heterocycles. The summed E-state index contributed by atoms with van der Waals surface area (Å²) in [5, 5.41) is 10.3. The van der Waals surface area contributed by atoms with Crippen molar-refractivity contribution in [3.05, 3.63) is 28.8 Å². The summed E-state index contributed by atoms with van der Waals surface area (Å²) in [5.74, 6) is 1.16. The largest absolute Gasteiger partial charge is 0.508 e. The molecule has 0 aliphatic heterocycles. The van der Waals surface area contributed by atoms with Crippen LogP contribution < -0.4 is 0 Å². The summed E-state index contributed by atoms with van der Waals surface area (Å²) >= 11 is 5.89. The van der Waals surface area contributed by atoms with Crippen molar-refractivity contribution in [1.29, 1.82) is 0 Å².